The minimum atomic E-state index is 0.0504. The molecule has 0 aliphatic carbocycles. The smallest absolute Gasteiger partial charge is 0.230 e. The van der Waals surface area contributed by atoms with Crippen LogP contribution < -0.4 is 5.32 Å². The molecule has 0 aliphatic heterocycles. The number of aromatic nitrogens is 2. The van der Waals surface area contributed by atoms with Crippen LogP contribution in [0.2, 0.25) is 0 Å². The van der Waals surface area contributed by atoms with Crippen molar-refractivity contribution in [3.63, 3.8) is 0 Å². The SMILES string of the molecule is Cc1sc2ncnc(SCC(=O)NCCCc3ccccc3)c2c1C. The molecule has 25 heavy (non-hydrogen) atoms. The third kappa shape index (κ3) is 4.58. The van der Waals surface area contributed by atoms with E-state index in [1.807, 2.05) is 18.2 Å². The first-order chi connectivity index (χ1) is 12.1. The lowest BCUT2D eigenvalue weighted by Crippen LogP contribution is -2.26. The second-order valence-corrected chi connectivity index (χ2v) is 8.04. The highest BCUT2D eigenvalue weighted by molar-refractivity contribution is 8.00. The van der Waals surface area contributed by atoms with E-state index in [1.54, 1.807) is 17.7 Å². The van der Waals surface area contributed by atoms with Crippen molar-refractivity contribution in [3.05, 3.63) is 52.7 Å². The van der Waals surface area contributed by atoms with E-state index in [-0.39, 0.29) is 5.91 Å². The number of thiophene rings is 1. The van der Waals surface area contributed by atoms with Gasteiger partial charge in [-0.3, -0.25) is 4.79 Å². The maximum absolute atomic E-state index is 12.1. The number of benzene rings is 1. The summed E-state index contributed by atoms with van der Waals surface area (Å²) in [5.74, 6) is 0.431. The van der Waals surface area contributed by atoms with Crippen LogP contribution in [0.5, 0.6) is 0 Å². The lowest BCUT2D eigenvalue weighted by molar-refractivity contribution is -0.118. The van der Waals surface area contributed by atoms with E-state index in [9.17, 15) is 4.79 Å². The Morgan fingerprint density at radius 2 is 2.00 bits per heavy atom. The molecule has 1 amide bonds. The predicted molar refractivity (Wildman–Crippen MR) is 105 cm³/mol. The molecule has 130 valence electrons. The number of nitrogens with zero attached hydrogens (tertiary/aromatic N) is 2. The summed E-state index contributed by atoms with van der Waals surface area (Å²) >= 11 is 3.16. The lowest BCUT2D eigenvalue weighted by atomic mass is 10.1. The van der Waals surface area contributed by atoms with Gasteiger partial charge in [-0.05, 0) is 37.8 Å². The van der Waals surface area contributed by atoms with Gasteiger partial charge < -0.3 is 5.32 Å². The van der Waals surface area contributed by atoms with Crippen LogP contribution in [0.25, 0.3) is 10.2 Å². The van der Waals surface area contributed by atoms with Crippen molar-refractivity contribution in [2.24, 2.45) is 0 Å². The van der Waals surface area contributed by atoms with Crippen LogP contribution in [0.3, 0.4) is 0 Å². The van der Waals surface area contributed by atoms with Crippen LogP contribution >= 0.6 is 23.1 Å². The van der Waals surface area contributed by atoms with Gasteiger partial charge in [-0.15, -0.1) is 11.3 Å². The molecule has 2 heterocycles. The average Bonchev–Trinajstić information content (AvgIpc) is 2.93. The van der Waals surface area contributed by atoms with Crippen molar-refractivity contribution in [2.45, 2.75) is 31.7 Å². The molecule has 1 aromatic carbocycles. The quantitative estimate of drug-likeness (QED) is 0.385. The van der Waals surface area contributed by atoms with Gasteiger partial charge in [0.05, 0.1) is 5.75 Å². The number of aryl methyl sites for hydroxylation is 3. The van der Waals surface area contributed by atoms with Crippen molar-refractivity contribution >= 4 is 39.2 Å². The van der Waals surface area contributed by atoms with Crippen molar-refractivity contribution in [3.8, 4) is 0 Å². The third-order valence-corrected chi connectivity index (χ3v) is 6.18. The monoisotopic (exact) mass is 371 g/mol. The standard InChI is InChI=1S/C19H21N3OS2/c1-13-14(2)25-19-17(13)18(21-12-22-19)24-11-16(23)20-10-6-9-15-7-4-3-5-8-15/h3-5,7-8,12H,6,9-11H2,1-2H3,(H,20,23). The number of carbonyl (C=O) groups excluding carboxylic acids is 1. The van der Waals surface area contributed by atoms with Crippen LogP contribution in [0, 0.1) is 13.8 Å². The van der Waals surface area contributed by atoms with Gasteiger partial charge in [0.2, 0.25) is 5.91 Å². The number of thioether (sulfide) groups is 1. The zero-order valence-electron chi connectivity index (χ0n) is 14.4. The van der Waals surface area contributed by atoms with E-state index >= 15 is 0 Å². The minimum absolute atomic E-state index is 0.0504. The van der Waals surface area contributed by atoms with Gasteiger partial charge in [-0.2, -0.15) is 0 Å². The fourth-order valence-electron chi connectivity index (χ4n) is 2.61. The topological polar surface area (TPSA) is 54.9 Å². The molecule has 0 saturated carbocycles. The fraction of sp³-hybridized carbons (Fsp3) is 0.316. The molecule has 0 spiro atoms. The summed E-state index contributed by atoms with van der Waals surface area (Å²) in [6, 6.07) is 10.3. The van der Waals surface area contributed by atoms with Gasteiger partial charge in [0, 0.05) is 16.8 Å². The Bertz CT molecular complexity index is 862. The number of hydrogen-bond donors (Lipinski definition) is 1. The van der Waals surface area contributed by atoms with E-state index in [1.165, 1.54) is 27.8 Å². The van der Waals surface area contributed by atoms with Crippen LogP contribution in [0.15, 0.2) is 41.7 Å². The van der Waals surface area contributed by atoms with Gasteiger partial charge in [-0.1, -0.05) is 42.1 Å². The highest BCUT2D eigenvalue weighted by Gasteiger charge is 2.13. The van der Waals surface area contributed by atoms with Crippen molar-refractivity contribution in [1.29, 1.82) is 0 Å². The Hall–Kier alpha value is -1.92. The van der Waals surface area contributed by atoms with Gasteiger partial charge in [0.25, 0.3) is 0 Å². The number of hydrogen-bond acceptors (Lipinski definition) is 5. The predicted octanol–water partition coefficient (Wildman–Crippen LogP) is 4.15. The summed E-state index contributed by atoms with van der Waals surface area (Å²) in [7, 11) is 0. The fourth-order valence-corrected chi connectivity index (χ4v) is 4.56. The second kappa shape index (κ2) is 8.45. The lowest BCUT2D eigenvalue weighted by Gasteiger charge is -2.06. The molecular formula is C19H21N3OS2. The molecule has 0 fully saturated rings. The van der Waals surface area contributed by atoms with Crippen molar-refractivity contribution in [1.82, 2.24) is 15.3 Å². The van der Waals surface area contributed by atoms with E-state index in [4.69, 9.17) is 0 Å². The largest absolute Gasteiger partial charge is 0.355 e. The maximum Gasteiger partial charge on any atom is 0.230 e. The van der Waals surface area contributed by atoms with Gasteiger partial charge >= 0.3 is 0 Å². The summed E-state index contributed by atoms with van der Waals surface area (Å²) in [5.41, 5.74) is 2.52. The molecule has 2 aromatic heterocycles. The molecule has 0 unspecified atom stereocenters. The van der Waals surface area contributed by atoms with E-state index in [2.05, 4.69) is 41.3 Å². The molecule has 4 nitrogen and oxygen atoms in total. The average molecular weight is 372 g/mol. The molecule has 6 heteroatoms. The van der Waals surface area contributed by atoms with E-state index in [0.717, 1.165) is 28.1 Å². The summed E-state index contributed by atoms with van der Waals surface area (Å²) in [6.07, 6.45) is 3.51. The minimum Gasteiger partial charge on any atom is -0.355 e. The zero-order chi connectivity index (χ0) is 17.6. The molecule has 0 atom stereocenters. The van der Waals surface area contributed by atoms with E-state index < -0.39 is 0 Å². The number of rotatable bonds is 7. The maximum atomic E-state index is 12.1. The molecule has 0 aliphatic rings. The normalized spacial score (nSPS) is 11.0. The first-order valence-electron chi connectivity index (χ1n) is 8.29. The number of nitrogens with one attached hydrogen (secondary N) is 1. The van der Waals surface area contributed by atoms with Crippen LogP contribution in [0.1, 0.15) is 22.4 Å². The summed E-state index contributed by atoms with van der Waals surface area (Å²) < 4.78 is 0. The van der Waals surface area contributed by atoms with Crippen molar-refractivity contribution in [2.75, 3.05) is 12.3 Å². The number of carbonyl (C=O) groups is 1. The Morgan fingerprint density at radius 3 is 2.80 bits per heavy atom. The Morgan fingerprint density at radius 1 is 1.20 bits per heavy atom. The molecule has 0 radical (unpaired) electrons. The van der Waals surface area contributed by atoms with Gasteiger partial charge in [0.1, 0.15) is 16.2 Å². The Balaban J connectivity index is 1.48. The molecule has 0 bridgehead atoms. The van der Waals surface area contributed by atoms with Gasteiger partial charge in [-0.25, -0.2) is 9.97 Å². The number of amides is 1. The van der Waals surface area contributed by atoms with Crippen molar-refractivity contribution < 1.29 is 4.79 Å². The highest BCUT2D eigenvalue weighted by atomic mass is 32.2. The summed E-state index contributed by atoms with van der Waals surface area (Å²) in [6.45, 7) is 4.88. The highest BCUT2D eigenvalue weighted by Crippen LogP contribution is 2.34. The number of fused-ring (bicyclic) bond motifs is 1. The third-order valence-electron chi connectivity index (χ3n) is 4.08. The Kier molecular flexibility index (Phi) is 6.04. The second-order valence-electron chi connectivity index (χ2n) is 5.87. The first-order valence-corrected chi connectivity index (χ1v) is 10.1. The molecule has 3 aromatic rings. The van der Waals surface area contributed by atoms with Gasteiger partial charge in [0.15, 0.2) is 0 Å². The molecule has 1 N–H and O–H groups in total. The van der Waals surface area contributed by atoms with E-state index in [0.29, 0.717) is 12.3 Å². The summed E-state index contributed by atoms with van der Waals surface area (Å²) in [4.78, 5) is 23.0. The summed E-state index contributed by atoms with van der Waals surface area (Å²) in [5, 5.41) is 4.97. The zero-order valence-corrected chi connectivity index (χ0v) is 16.0. The Labute approximate surface area is 156 Å². The molecule has 3 rings (SSSR count). The molecular weight excluding hydrogens is 350 g/mol. The van der Waals surface area contributed by atoms with Crippen LogP contribution in [0.4, 0.5) is 0 Å². The van der Waals surface area contributed by atoms with Crippen LogP contribution in [-0.4, -0.2) is 28.2 Å². The molecule has 0 saturated heterocycles. The first kappa shape index (κ1) is 17.9. The van der Waals surface area contributed by atoms with Crippen LogP contribution in [-0.2, 0) is 11.2 Å².